The van der Waals surface area contributed by atoms with E-state index in [4.69, 9.17) is 21.6 Å². The van der Waals surface area contributed by atoms with Crippen LogP contribution in [0.25, 0.3) is 10.9 Å². The van der Waals surface area contributed by atoms with Gasteiger partial charge in [0.05, 0.1) is 28.4 Å². The Balaban J connectivity index is 2.40. The molecule has 25 heavy (non-hydrogen) atoms. The van der Waals surface area contributed by atoms with Crippen LogP contribution in [0.5, 0.6) is 5.75 Å². The van der Waals surface area contributed by atoms with Crippen LogP contribution in [0.15, 0.2) is 30.5 Å². The Hall–Kier alpha value is -2.62. The number of anilines is 1. The number of rotatable bonds is 6. The summed E-state index contributed by atoms with van der Waals surface area (Å²) >= 11 is 6.26. The SMILES string of the molecule is CCOc1cc2ncc(C#N)c(Cl)c2cc1NC(=O)/C=C/CN(C)C. The predicted octanol–water partition coefficient (Wildman–Crippen LogP) is 3.21. The molecule has 0 aliphatic heterocycles. The quantitative estimate of drug-likeness (QED) is 0.802. The Morgan fingerprint density at radius 3 is 2.88 bits per heavy atom. The van der Waals surface area contributed by atoms with Crippen molar-refractivity contribution in [2.24, 2.45) is 0 Å². The van der Waals surface area contributed by atoms with Crippen molar-refractivity contribution in [3.8, 4) is 11.8 Å². The van der Waals surface area contributed by atoms with Gasteiger partial charge < -0.3 is 15.0 Å². The first-order chi connectivity index (χ1) is 12.0. The van der Waals surface area contributed by atoms with Crippen LogP contribution < -0.4 is 10.1 Å². The minimum atomic E-state index is -0.275. The van der Waals surface area contributed by atoms with E-state index in [0.717, 1.165) is 0 Å². The number of aromatic nitrogens is 1. The lowest BCUT2D eigenvalue weighted by Gasteiger charge is -2.13. The first kappa shape index (κ1) is 18.7. The highest BCUT2D eigenvalue weighted by atomic mass is 35.5. The van der Waals surface area contributed by atoms with Crippen LogP contribution in [0.2, 0.25) is 5.02 Å². The van der Waals surface area contributed by atoms with Gasteiger partial charge in [-0.15, -0.1) is 0 Å². The molecule has 1 N–H and O–H groups in total. The summed E-state index contributed by atoms with van der Waals surface area (Å²) in [6.07, 6.45) is 4.65. The number of ether oxygens (including phenoxy) is 1. The maximum atomic E-state index is 12.1. The molecule has 130 valence electrons. The molecule has 0 aliphatic rings. The van der Waals surface area contributed by atoms with Crippen LogP contribution in [0.4, 0.5) is 5.69 Å². The lowest BCUT2D eigenvalue weighted by Crippen LogP contribution is -2.13. The molecule has 0 unspecified atom stereocenters. The molecule has 0 saturated carbocycles. The number of likely N-dealkylation sites (N-methyl/N-ethyl adjacent to an activating group) is 1. The van der Waals surface area contributed by atoms with Crippen molar-refractivity contribution in [3.05, 3.63) is 41.1 Å². The molecule has 0 spiro atoms. The summed E-state index contributed by atoms with van der Waals surface area (Å²) in [6.45, 7) is 2.95. The van der Waals surface area contributed by atoms with Gasteiger partial charge in [0, 0.05) is 30.3 Å². The molecule has 0 atom stereocenters. The molecular formula is C18H19ClN4O2. The first-order valence-corrected chi connectivity index (χ1v) is 8.11. The highest BCUT2D eigenvalue weighted by Crippen LogP contribution is 2.34. The fourth-order valence-corrected chi connectivity index (χ4v) is 2.43. The Morgan fingerprint density at radius 1 is 1.48 bits per heavy atom. The van der Waals surface area contributed by atoms with Gasteiger partial charge in [0.2, 0.25) is 5.91 Å². The van der Waals surface area contributed by atoms with E-state index >= 15 is 0 Å². The Kier molecular flexibility index (Phi) is 6.34. The van der Waals surface area contributed by atoms with Gasteiger partial charge in [-0.1, -0.05) is 17.7 Å². The molecule has 1 heterocycles. The van der Waals surface area contributed by atoms with Crippen LogP contribution in [0, 0.1) is 11.3 Å². The van der Waals surface area contributed by atoms with Gasteiger partial charge in [0.15, 0.2) is 0 Å². The van der Waals surface area contributed by atoms with Gasteiger partial charge >= 0.3 is 0 Å². The number of nitrogens with zero attached hydrogens (tertiary/aromatic N) is 3. The van der Waals surface area contributed by atoms with Gasteiger partial charge in [0.25, 0.3) is 0 Å². The molecular weight excluding hydrogens is 340 g/mol. The topological polar surface area (TPSA) is 78.2 Å². The van der Waals surface area contributed by atoms with Gasteiger partial charge in [0.1, 0.15) is 11.8 Å². The van der Waals surface area contributed by atoms with Gasteiger partial charge in [-0.05, 0) is 27.1 Å². The number of nitriles is 1. The Bertz CT molecular complexity index is 856. The fraction of sp³-hybridized carbons (Fsp3) is 0.278. The standard InChI is InChI=1S/C18H19ClN4O2/c1-4-25-16-9-14-13(18(19)12(10-20)11-21-14)8-15(16)22-17(24)6-5-7-23(2)3/h5-6,8-9,11H,4,7H2,1-3H3,(H,22,24)/b6-5+. The van der Waals surface area contributed by atoms with E-state index in [2.05, 4.69) is 10.3 Å². The van der Waals surface area contributed by atoms with Gasteiger partial charge in [-0.2, -0.15) is 5.26 Å². The van der Waals surface area contributed by atoms with E-state index in [1.54, 1.807) is 18.2 Å². The molecule has 7 heteroatoms. The average molecular weight is 359 g/mol. The van der Waals surface area contributed by atoms with E-state index in [1.807, 2.05) is 32.0 Å². The van der Waals surface area contributed by atoms with E-state index in [0.29, 0.717) is 40.5 Å². The highest BCUT2D eigenvalue weighted by Gasteiger charge is 2.13. The zero-order valence-electron chi connectivity index (χ0n) is 14.3. The molecule has 2 rings (SSSR count). The molecule has 0 radical (unpaired) electrons. The van der Waals surface area contributed by atoms with Crippen LogP contribution in [-0.4, -0.2) is 43.0 Å². The number of amides is 1. The summed E-state index contributed by atoms with van der Waals surface area (Å²) in [7, 11) is 3.83. The molecule has 1 aromatic heterocycles. The molecule has 6 nitrogen and oxygen atoms in total. The number of halogens is 1. The van der Waals surface area contributed by atoms with Gasteiger partial charge in [-0.25, -0.2) is 0 Å². The number of pyridine rings is 1. The van der Waals surface area contributed by atoms with Crippen molar-refractivity contribution in [2.75, 3.05) is 32.6 Å². The van der Waals surface area contributed by atoms with Crippen LogP contribution in [0.1, 0.15) is 12.5 Å². The lowest BCUT2D eigenvalue weighted by molar-refractivity contribution is -0.111. The summed E-state index contributed by atoms with van der Waals surface area (Å²) in [5, 5.41) is 12.8. The molecule has 1 aromatic carbocycles. The Labute approximate surface area is 151 Å². The maximum absolute atomic E-state index is 12.1. The van der Waals surface area contributed by atoms with E-state index in [-0.39, 0.29) is 11.5 Å². The monoisotopic (exact) mass is 358 g/mol. The van der Waals surface area contributed by atoms with E-state index in [1.165, 1.54) is 12.3 Å². The number of fused-ring (bicyclic) bond motifs is 1. The summed E-state index contributed by atoms with van der Waals surface area (Å²) in [5.41, 5.74) is 1.35. The Morgan fingerprint density at radius 2 is 2.24 bits per heavy atom. The van der Waals surface area contributed by atoms with Crippen molar-refractivity contribution >= 4 is 34.1 Å². The van der Waals surface area contributed by atoms with E-state index < -0.39 is 0 Å². The maximum Gasteiger partial charge on any atom is 0.248 e. The fourth-order valence-electron chi connectivity index (χ4n) is 2.18. The molecule has 0 aliphatic carbocycles. The third-order valence-electron chi connectivity index (χ3n) is 3.32. The minimum Gasteiger partial charge on any atom is -0.492 e. The number of hydrogen-bond acceptors (Lipinski definition) is 5. The van der Waals surface area contributed by atoms with Gasteiger partial charge in [-0.3, -0.25) is 9.78 Å². The molecule has 1 amide bonds. The normalized spacial score (nSPS) is 11.0. The molecule has 0 fully saturated rings. The summed E-state index contributed by atoms with van der Waals surface area (Å²) in [6, 6.07) is 5.37. The predicted molar refractivity (Wildman–Crippen MR) is 99.0 cm³/mol. The van der Waals surface area contributed by atoms with Crippen LogP contribution in [0.3, 0.4) is 0 Å². The minimum absolute atomic E-state index is 0.275. The van der Waals surface area contributed by atoms with Crippen molar-refractivity contribution in [3.63, 3.8) is 0 Å². The summed E-state index contributed by atoms with van der Waals surface area (Å²) in [4.78, 5) is 18.3. The summed E-state index contributed by atoms with van der Waals surface area (Å²) in [5.74, 6) is 0.223. The smallest absolute Gasteiger partial charge is 0.248 e. The third-order valence-corrected chi connectivity index (χ3v) is 3.73. The first-order valence-electron chi connectivity index (χ1n) is 7.73. The second kappa shape index (κ2) is 8.47. The molecule has 0 bridgehead atoms. The van der Waals surface area contributed by atoms with Crippen LogP contribution >= 0.6 is 11.6 Å². The zero-order valence-corrected chi connectivity index (χ0v) is 15.1. The molecule has 0 saturated heterocycles. The van der Waals surface area contributed by atoms with Crippen molar-refractivity contribution in [1.29, 1.82) is 5.26 Å². The molecule has 2 aromatic rings. The van der Waals surface area contributed by atoms with Crippen molar-refractivity contribution in [2.45, 2.75) is 6.92 Å². The lowest BCUT2D eigenvalue weighted by atomic mass is 10.1. The average Bonchev–Trinajstić information content (AvgIpc) is 2.56. The number of nitrogens with one attached hydrogen (secondary N) is 1. The second-order valence-corrected chi connectivity index (χ2v) is 5.93. The van der Waals surface area contributed by atoms with Crippen LogP contribution in [-0.2, 0) is 4.79 Å². The third kappa shape index (κ3) is 4.69. The largest absolute Gasteiger partial charge is 0.492 e. The number of carbonyl (C=O) groups is 1. The zero-order chi connectivity index (χ0) is 18.4. The number of carbonyl (C=O) groups excluding carboxylic acids is 1. The number of hydrogen-bond donors (Lipinski definition) is 1. The van der Waals surface area contributed by atoms with E-state index in [9.17, 15) is 4.79 Å². The number of benzene rings is 1. The highest BCUT2D eigenvalue weighted by molar-refractivity contribution is 6.36. The van der Waals surface area contributed by atoms with Crippen molar-refractivity contribution < 1.29 is 9.53 Å². The summed E-state index contributed by atoms with van der Waals surface area (Å²) < 4.78 is 5.59. The second-order valence-electron chi connectivity index (χ2n) is 5.55. The van der Waals surface area contributed by atoms with Crippen molar-refractivity contribution in [1.82, 2.24) is 9.88 Å².